The second kappa shape index (κ2) is 14.2. The van der Waals surface area contributed by atoms with Crippen LogP contribution in [0.3, 0.4) is 0 Å². The van der Waals surface area contributed by atoms with Crippen LogP contribution in [0.1, 0.15) is 11.1 Å². The van der Waals surface area contributed by atoms with Gasteiger partial charge < -0.3 is 0 Å². The summed E-state index contributed by atoms with van der Waals surface area (Å²) >= 11 is 0. The molecular weight excluding hydrogens is 635 g/mol. The predicted molar refractivity (Wildman–Crippen MR) is 207 cm³/mol. The van der Waals surface area contributed by atoms with E-state index in [4.69, 9.17) is 15.0 Å². The monoisotopic (exact) mass is 663 g/mol. The van der Waals surface area contributed by atoms with Gasteiger partial charge in [-0.05, 0) is 80.9 Å². The van der Waals surface area contributed by atoms with Crippen molar-refractivity contribution in [1.82, 2.24) is 15.0 Å². The Morgan fingerprint density at radius 2 is 0.692 bits per heavy atom. The molecular formula is C47H29N5. The zero-order valence-corrected chi connectivity index (χ0v) is 28.0. The van der Waals surface area contributed by atoms with Crippen molar-refractivity contribution >= 4 is 0 Å². The Morgan fingerprint density at radius 1 is 0.288 bits per heavy atom. The van der Waals surface area contributed by atoms with E-state index in [2.05, 4.69) is 66.7 Å². The summed E-state index contributed by atoms with van der Waals surface area (Å²) in [4.78, 5) is 14.9. The first kappa shape index (κ1) is 31.8. The molecule has 8 rings (SSSR count). The van der Waals surface area contributed by atoms with Crippen LogP contribution in [0.5, 0.6) is 0 Å². The third-order valence-electron chi connectivity index (χ3n) is 9.00. The first-order chi connectivity index (χ1) is 25.6. The van der Waals surface area contributed by atoms with Crippen LogP contribution >= 0.6 is 0 Å². The van der Waals surface area contributed by atoms with Crippen LogP contribution in [0, 0.1) is 22.7 Å². The van der Waals surface area contributed by atoms with Gasteiger partial charge in [-0.15, -0.1) is 0 Å². The topological polar surface area (TPSA) is 86.2 Å². The number of hydrogen-bond acceptors (Lipinski definition) is 5. The molecule has 0 N–H and O–H groups in total. The summed E-state index contributed by atoms with van der Waals surface area (Å²) in [6.07, 6.45) is 0. The lowest BCUT2D eigenvalue weighted by molar-refractivity contribution is 1.07. The van der Waals surface area contributed by atoms with Gasteiger partial charge in [0.15, 0.2) is 17.5 Å². The average Bonchev–Trinajstić information content (AvgIpc) is 3.24. The maximum atomic E-state index is 9.64. The van der Waals surface area contributed by atoms with E-state index in [0.29, 0.717) is 28.6 Å². The minimum atomic E-state index is 0.585. The Morgan fingerprint density at radius 3 is 1.31 bits per heavy atom. The summed E-state index contributed by atoms with van der Waals surface area (Å²) in [6.45, 7) is 0. The van der Waals surface area contributed by atoms with E-state index in [1.54, 1.807) is 12.1 Å². The van der Waals surface area contributed by atoms with E-state index in [9.17, 15) is 10.5 Å². The van der Waals surface area contributed by atoms with Gasteiger partial charge in [-0.2, -0.15) is 10.5 Å². The number of nitrogens with zero attached hydrogens (tertiary/aromatic N) is 5. The van der Waals surface area contributed by atoms with E-state index in [1.807, 2.05) is 109 Å². The highest BCUT2D eigenvalue weighted by Crippen LogP contribution is 2.37. The van der Waals surface area contributed by atoms with E-state index in [1.165, 1.54) is 0 Å². The molecule has 52 heavy (non-hydrogen) atoms. The summed E-state index contributed by atoms with van der Waals surface area (Å²) in [7, 11) is 0. The molecule has 5 nitrogen and oxygen atoms in total. The molecule has 0 amide bonds. The summed E-state index contributed by atoms with van der Waals surface area (Å²) < 4.78 is 0. The van der Waals surface area contributed by atoms with Gasteiger partial charge in [0.1, 0.15) is 0 Å². The van der Waals surface area contributed by atoms with Crippen LogP contribution in [0.15, 0.2) is 176 Å². The molecule has 242 valence electrons. The maximum absolute atomic E-state index is 9.64. The van der Waals surface area contributed by atoms with Gasteiger partial charge in [0.05, 0.1) is 23.3 Å². The third-order valence-corrected chi connectivity index (χ3v) is 9.00. The average molecular weight is 664 g/mol. The van der Waals surface area contributed by atoms with Crippen molar-refractivity contribution in [2.75, 3.05) is 0 Å². The Labute approximate surface area is 302 Å². The Balaban J connectivity index is 1.20. The van der Waals surface area contributed by atoms with Gasteiger partial charge in [-0.1, -0.05) is 140 Å². The molecule has 0 radical (unpaired) electrons. The van der Waals surface area contributed by atoms with Crippen molar-refractivity contribution in [2.24, 2.45) is 0 Å². The van der Waals surface area contributed by atoms with E-state index >= 15 is 0 Å². The van der Waals surface area contributed by atoms with Crippen molar-refractivity contribution in [2.45, 2.75) is 0 Å². The van der Waals surface area contributed by atoms with Crippen molar-refractivity contribution in [1.29, 1.82) is 10.5 Å². The molecule has 7 aromatic carbocycles. The minimum Gasteiger partial charge on any atom is -0.208 e. The van der Waals surface area contributed by atoms with Crippen LogP contribution in [0.25, 0.3) is 78.7 Å². The quantitative estimate of drug-likeness (QED) is 0.169. The van der Waals surface area contributed by atoms with Gasteiger partial charge in [-0.25, -0.2) is 15.0 Å². The molecule has 0 aliphatic carbocycles. The molecule has 0 unspecified atom stereocenters. The lowest BCUT2D eigenvalue weighted by Crippen LogP contribution is -2.00. The second-order valence-corrected chi connectivity index (χ2v) is 12.3. The molecule has 0 bridgehead atoms. The molecule has 0 atom stereocenters. The highest BCUT2D eigenvalue weighted by molar-refractivity contribution is 5.88. The fourth-order valence-electron chi connectivity index (χ4n) is 6.36. The largest absolute Gasteiger partial charge is 0.208 e. The molecule has 1 aromatic heterocycles. The first-order valence-corrected chi connectivity index (χ1v) is 16.9. The normalized spacial score (nSPS) is 10.7. The molecule has 0 saturated carbocycles. The second-order valence-electron chi connectivity index (χ2n) is 12.3. The minimum absolute atomic E-state index is 0.585. The highest BCUT2D eigenvalue weighted by atomic mass is 15.0. The lowest BCUT2D eigenvalue weighted by atomic mass is 9.90. The lowest BCUT2D eigenvalue weighted by Gasteiger charge is -2.14. The van der Waals surface area contributed by atoms with Crippen molar-refractivity contribution < 1.29 is 0 Å². The summed E-state index contributed by atoms with van der Waals surface area (Å²) in [5.74, 6) is 1.79. The van der Waals surface area contributed by atoms with Gasteiger partial charge in [-0.3, -0.25) is 0 Å². The predicted octanol–water partition coefficient (Wildman–Crippen LogP) is 11.3. The van der Waals surface area contributed by atoms with Crippen LogP contribution in [-0.4, -0.2) is 15.0 Å². The Bertz CT molecular complexity index is 2630. The SMILES string of the molecule is N#Cc1cccc(-c2ccc(-c3ccc(-c4nc(-c5ccccc5)nc(-c5cccc(-c6ccccc6)c5)n4)cc3)cc2-c2cccc(C#N)c2)c1. The molecule has 5 heteroatoms. The maximum Gasteiger partial charge on any atom is 0.164 e. The van der Waals surface area contributed by atoms with Crippen molar-refractivity contribution in [3.05, 3.63) is 187 Å². The zero-order chi connectivity index (χ0) is 35.3. The molecule has 0 aliphatic heterocycles. The van der Waals surface area contributed by atoms with Gasteiger partial charge in [0, 0.05) is 16.7 Å². The molecule has 1 heterocycles. The Hall–Kier alpha value is -7.47. The van der Waals surface area contributed by atoms with Gasteiger partial charge in [0.25, 0.3) is 0 Å². The first-order valence-electron chi connectivity index (χ1n) is 16.9. The highest BCUT2D eigenvalue weighted by Gasteiger charge is 2.15. The fraction of sp³-hybridized carbons (Fsp3) is 0. The summed E-state index contributed by atoms with van der Waals surface area (Å²) in [6, 6.07) is 62.9. The Kier molecular flexibility index (Phi) is 8.66. The number of nitriles is 2. The number of rotatable bonds is 7. The molecule has 0 fully saturated rings. The molecule has 0 spiro atoms. The number of benzene rings is 7. The van der Waals surface area contributed by atoms with Crippen molar-refractivity contribution in [3.8, 4) is 90.8 Å². The summed E-state index contributed by atoms with van der Waals surface area (Å²) in [5.41, 5.74) is 11.9. The van der Waals surface area contributed by atoms with E-state index in [0.717, 1.165) is 61.2 Å². The molecule has 8 aromatic rings. The third kappa shape index (κ3) is 6.59. The number of hydrogen-bond donors (Lipinski definition) is 0. The van der Waals surface area contributed by atoms with E-state index in [-0.39, 0.29) is 0 Å². The zero-order valence-electron chi connectivity index (χ0n) is 28.0. The standard InChI is InChI=1S/C47H29N5/c48-30-32-10-7-17-40(26-32)43-25-24-39(29-44(43)41-18-8-11-33(27-41)31-49)35-20-22-37(23-21-35)46-50-45(36-14-5-2-6-15-36)51-47(52-46)42-19-9-16-38(28-42)34-12-3-1-4-13-34/h1-29H. The van der Waals surface area contributed by atoms with Gasteiger partial charge >= 0.3 is 0 Å². The van der Waals surface area contributed by atoms with Crippen LogP contribution in [-0.2, 0) is 0 Å². The van der Waals surface area contributed by atoms with Crippen LogP contribution < -0.4 is 0 Å². The summed E-state index contributed by atoms with van der Waals surface area (Å²) in [5, 5.41) is 19.2. The van der Waals surface area contributed by atoms with E-state index < -0.39 is 0 Å². The van der Waals surface area contributed by atoms with Crippen LogP contribution in [0.4, 0.5) is 0 Å². The smallest absolute Gasteiger partial charge is 0.164 e. The van der Waals surface area contributed by atoms with Crippen LogP contribution in [0.2, 0.25) is 0 Å². The molecule has 0 saturated heterocycles. The molecule has 0 aliphatic rings. The van der Waals surface area contributed by atoms with Gasteiger partial charge in [0.2, 0.25) is 0 Å². The number of aromatic nitrogens is 3. The fourth-order valence-corrected chi connectivity index (χ4v) is 6.36. The van der Waals surface area contributed by atoms with Crippen molar-refractivity contribution in [3.63, 3.8) is 0 Å².